The molecule has 0 bridgehead atoms. The molecule has 3 N–H and O–H groups in total. The van der Waals surface area contributed by atoms with Crippen molar-refractivity contribution in [3.8, 4) is 0 Å². The maximum absolute atomic E-state index is 15.2. The first-order chi connectivity index (χ1) is 14.3. The van der Waals surface area contributed by atoms with Crippen LogP contribution in [-0.4, -0.2) is 50.6 Å². The standard InChI is InChI=1S/C18H25FN6O5/c1-2-3-4-5-6-7-12(26)29-15-17(10-22-24-21)18(15,28)13(19)14(30-17)25-9-8-11(20)23-16(25)27/h8-9,13-15,28H,2-7,10H2,1H3,(H2,20,23,27)/t13-,14+,15?,17+,18+/m0/s1. The van der Waals surface area contributed by atoms with Crippen molar-refractivity contribution in [1.82, 2.24) is 9.55 Å². The Kier molecular flexibility index (Phi) is 6.30. The van der Waals surface area contributed by atoms with Crippen molar-refractivity contribution < 1.29 is 23.8 Å². The van der Waals surface area contributed by atoms with E-state index in [1.165, 1.54) is 12.3 Å². The average Bonchev–Trinajstić information content (AvgIpc) is 3.11. The van der Waals surface area contributed by atoms with Gasteiger partial charge in [-0.15, -0.1) is 0 Å². The maximum Gasteiger partial charge on any atom is 0.351 e. The Morgan fingerprint density at radius 2 is 2.23 bits per heavy atom. The number of carbonyl (C=O) groups is 1. The Labute approximate surface area is 171 Å². The fraction of sp³-hybridized carbons (Fsp3) is 0.722. The monoisotopic (exact) mass is 424 g/mol. The van der Waals surface area contributed by atoms with E-state index in [9.17, 15) is 14.7 Å². The number of ether oxygens (including phenoxy) is 2. The zero-order valence-electron chi connectivity index (χ0n) is 16.6. The van der Waals surface area contributed by atoms with Crippen LogP contribution in [0.25, 0.3) is 10.4 Å². The Hall–Kier alpha value is -2.69. The summed E-state index contributed by atoms with van der Waals surface area (Å²) in [4.78, 5) is 30.3. The van der Waals surface area contributed by atoms with Gasteiger partial charge in [-0.05, 0) is 18.0 Å². The van der Waals surface area contributed by atoms with Crippen molar-refractivity contribution in [2.24, 2.45) is 5.11 Å². The molecule has 0 spiro atoms. The highest BCUT2D eigenvalue weighted by Gasteiger charge is 2.90. The Morgan fingerprint density at radius 3 is 2.90 bits per heavy atom. The number of fused-ring (bicyclic) bond motifs is 1. The van der Waals surface area contributed by atoms with Gasteiger partial charge in [-0.2, -0.15) is 4.98 Å². The second-order valence-electron chi connectivity index (χ2n) is 7.59. The van der Waals surface area contributed by atoms with Gasteiger partial charge in [0.05, 0.1) is 6.54 Å². The molecule has 1 saturated heterocycles. The predicted octanol–water partition coefficient (Wildman–Crippen LogP) is 1.76. The number of azide groups is 1. The van der Waals surface area contributed by atoms with Crippen LogP contribution in [0.5, 0.6) is 0 Å². The summed E-state index contributed by atoms with van der Waals surface area (Å²) in [6, 6.07) is 1.28. The predicted molar refractivity (Wildman–Crippen MR) is 103 cm³/mol. The number of nitrogens with zero attached hydrogens (tertiary/aromatic N) is 5. The zero-order chi connectivity index (χ0) is 21.9. The molecule has 1 aromatic rings. The molecule has 5 atom stereocenters. The molecule has 12 heteroatoms. The number of alkyl halides is 1. The normalized spacial score (nSPS) is 31.6. The molecule has 0 radical (unpaired) electrons. The Bertz CT molecular complexity index is 905. The Morgan fingerprint density at radius 1 is 1.50 bits per heavy atom. The lowest BCUT2D eigenvalue weighted by atomic mass is 10.1. The van der Waals surface area contributed by atoms with E-state index in [-0.39, 0.29) is 12.2 Å². The number of hydrogen-bond donors (Lipinski definition) is 2. The van der Waals surface area contributed by atoms with E-state index >= 15 is 4.39 Å². The Balaban J connectivity index is 1.73. The molecule has 1 aliphatic heterocycles. The summed E-state index contributed by atoms with van der Waals surface area (Å²) >= 11 is 0. The van der Waals surface area contributed by atoms with Crippen LogP contribution in [0.1, 0.15) is 51.7 Å². The van der Waals surface area contributed by atoms with E-state index in [4.69, 9.17) is 20.7 Å². The summed E-state index contributed by atoms with van der Waals surface area (Å²) in [5.41, 5.74) is 9.21. The number of unbranched alkanes of at least 4 members (excludes halogenated alkanes) is 4. The van der Waals surface area contributed by atoms with E-state index in [0.717, 1.165) is 30.3 Å². The van der Waals surface area contributed by atoms with E-state index in [1.54, 1.807) is 0 Å². The molecule has 1 unspecified atom stereocenters. The van der Waals surface area contributed by atoms with Crippen molar-refractivity contribution in [2.45, 2.75) is 75.2 Å². The van der Waals surface area contributed by atoms with E-state index in [2.05, 4.69) is 21.9 Å². The van der Waals surface area contributed by atoms with Crippen LogP contribution in [0.4, 0.5) is 10.2 Å². The quantitative estimate of drug-likeness (QED) is 0.190. The molecule has 1 aliphatic carbocycles. The summed E-state index contributed by atoms with van der Waals surface area (Å²) in [6.45, 7) is 1.61. The van der Waals surface area contributed by atoms with Crippen molar-refractivity contribution >= 4 is 11.8 Å². The number of halogens is 1. The fourth-order valence-electron chi connectivity index (χ4n) is 3.96. The van der Waals surface area contributed by atoms with Gasteiger partial charge in [0.25, 0.3) is 0 Å². The van der Waals surface area contributed by atoms with Gasteiger partial charge in [0.1, 0.15) is 5.82 Å². The molecule has 1 aromatic heterocycles. The second-order valence-corrected chi connectivity index (χ2v) is 7.59. The third-order valence-corrected chi connectivity index (χ3v) is 5.65. The van der Waals surface area contributed by atoms with Gasteiger partial charge < -0.3 is 20.3 Å². The van der Waals surface area contributed by atoms with E-state index < -0.39 is 47.9 Å². The lowest BCUT2D eigenvalue weighted by Crippen LogP contribution is -2.39. The van der Waals surface area contributed by atoms with E-state index in [1.807, 2.05) is 0 Å². The second kappa shape index (κ2) is 8.58. The molecule has 0 aromatic carbocycles. The first-order valence-electron chi connectivity index (χ1n) is 9.91. The smallest absolute Gasteiger partial charge is 0.351 e. The first kappa shape index (κ1) is 22.0. The van der Waals surface area contributed by atoms with Crippen LogP contribution < -0.4 is 11.4 Å². The number of aliphatic hydroxyl groups is 1. The van der Waals surface area contributed by atoms with Gasteiger partial charge in [0.2, 0.25) is 0 Å². The van der Waals surface area contributed by atoms with E-state index in [0.29, 0.717) is 6.42 Å². The maximum atomic E-state index is 15.2. The molecule has 1 saturated carbocycles. The summed E-state index contributed by atoms with van der Waals surface area (Å²) in [7, 11) is 0. The molecule has 2 heterocycles. The number of nitrogen functional groups attached to an aromatic ring is 1. The minimum absolute atomic E-state index is 0.0527. The molecule has 3 rings (SSSR count). The average molecular weight is 424 g/mol. The van der Waals surface area contributed by atoms with Crippen LogP contribution in [0.2, 0.25) is 0 Å². The minimum Gasteiger partial charge on any atom is -0.456 e. The van der Waals surface area contributed by atoms with Crippen molar-refractivity contribution in [3.63, 3.8) is 0 Å². The largest absolute Gasteiger partial charge is 0.456 e. The molecular weight excluding hydrogens is 399 g/mol. The number of rotatable bonds is 10. The topological polar surface area (TPSA) is 165 Å². The van der Waals surface area contributed by atoms with Crippen LogP contribution in [0.15, 0.2) is 22.2 Å². The van der Waals surface area contributed by atoms with Crippen molar-refractivity contribution in [2.75, 3.05) is 12.3 Å². The van der Waals surface area contributed by atoms with Gasteiger partial charge in [0.15, 0.2) is 29.7 Å². The lowest BCUT2D eigenvalue weighted by molar-refractivity contribution is -0.157. The van der Waals surface area contributed by atoms with Gasteiger partial charge in [-0.25, -0.2) is 9.18 Å². The molecule has 2 aliphatic rings. The third kappa shape index (κ3) is 3.62. The first-order valence-corrected chi connectivity index (χ1v) is 9.91. The summed E-state index contributed by atoms with van der Waals surface area (Å²) in [5, 5.41) is 14.3. The van der Waals surface area contributed by atoms with Crippen LogP contribution in [0, 0.1) is 0 Å². The highest BCUT2D eigenvalue weighted by Crippen LogP contribution is 2.65. The van der Waals surface area contributed by atoms with Crippen LogP contribution in [-0.2, 0) is 14.3 Å². The van der Waals surface area contributed by atoms with Gasteiger partial charge in [-0.3, -0.25) is 9.36 Å². The molecule has 11 nitrogen and oxygen atoms in total. The molecule has 0 amide bonds. The molecule has 30 heavy (non-hydrogen) atoms. The number of hydrogen-bond acceptors (Lipinski definition) is 8. The summed E-state index contributed by atoms with van der Waals surface area (Å²) in [5.74, 6) is -0.652. The van der Waals surface area contributed by atoms with Crippen molar-refractivity contribution in [3.05, 3.63) is 33.2 Å². The fourth-order valence-corrected chi connectivity index (χ4v) is 3.96. The SMILES string of the molecule is CCCCCCCC(=O)OC1[C@@]2(CN=[N+]=[N-])O[C@@H](n3ccc(N)nc3=O)[C@H](F)[C@@]12O. The third-order valence-electron chi connectivity index (χ3n) is 5.65. The lowest BCUT2D eigenvalue weighted by Gasteiger charge is -2.23. The summed E-state index contributed by atoms with van der Waals surface area (Å²) in [6.07, 6.45) is 0.924. The molecular formula is C18H25FN6O5. The van der Waals surface area contributed by atoms with Gasteiger partial charge in [-0.1, -0.05) is 37.7 Å². The molecule has 164 valence electrons. The van der Waals surface area contributed by atoms with Gasteiger partial charge >= 0.3 is 11.7 Å². The number of aromatic nitrogens is 2. The minimum atomic E-state index is -2.25. The molecule has 2 fully saturated rings. The summed E-state index contributed by atoms with van der Waals surface area (Å²) < 4.78 is 27.0. The highest BCUT2D eigenvalue weighted by molar-refractivity contribution is 5.70. The number of carbonyl (C=O) groups excluding carboxylic acids is 1. The number of anilines is 1. The number of nitrogens with two attached hydrogens (primary N) is 1. The van der Waals surface area contributed by atoms with Crippen molar-refractivity contribution in [1.29, 1.82) is 0 Å². The number of esters is 1. The van der Waals surface area contributed by atoms with Gasteiger partial charge in [0, 0.05) is 17.5 Å². The van der Waals surface area contributed by atoms with Crippen LogP contribution >= 0.6 is 0 Å². The highest BCUT2D eigenvalue weighted by atomic mass is 19.1. The zero-order valence-corrected chi connectivity index (χ0v) is 16.6. The van der Waals surface area contributed by atoms with Crippen LogP contribution in [0.3, 0.4) is 0 Å².